The molecule has 1 aromatic rings. The SMILES string of the molecule is C1=C\C2=C\C=C(\C=C/1)CCc1ccc(cc1)CC2. The minimum Gasteiger partial charge on any atom is -0.0620 e. The first kappa shape index (κ1) is 11.3. The highest BCUT2D eigenvalue weighted by molar-refractivity contribution is 5.37. The van der Waals surface area contributed by atoms with Gasteiger partial charge in [-0.2, -0.15) is 0 Å². The van der Waals surface area contributed by atoms with Gasteiger partial charge in [0.1, 0.15) is 0 Å². The maximum absolute atomic E-state index is 2.28. The molecule has 3 aliphatic rings. The van der Waals surface area contributed by atoms with Gasteiger partial charge in [-0.15, -0.1) is 0 Å². The van der Waals surface area contributed by atoms with E-state index in [0.29, 0.717) is 0 Å². The Balaban J connectivity index is 1.95. The normalized spacial score (nSPS) is 27.8. The lowest BCUT2D eigenvalue weighted by Crippen LogP contribution is -1.93. The van der Waals surface area contributed by atoms with E-state index in [0.717, 1.165) is 25.7 Å². The fourth-order valence-corrected chi connectivity index (χ4v) is 2.47. The zero-order chi connectivity index (χ0) is 12.2. The second kappa shape index (κ2) is 5.22. The van der Waals surface area contributed by atoms with Gasteiger partial charge in [0.05, 0.1) is 0 Å². The molecule has 0 saturated heterocycles. The second-order valence-corrected chi connectivity index (χ2v) is 5.02. The van der Waals surface area contributed by atoms with Gasteiger partial charge in [-0.05, 0) is 48.0 Å². The van der Waals surface area contributed by atoms with Crippen LogP contribution in [0.1, 0.15) is 24.0 Å². The van der Waals surface area contributed by atoms with Crippen LogP contribution in [0.25, 0.3) is 0 Å². The highest BCUT2D eigenvalue weighted by Crippen LogP contribution is 2.19. The van der Waals surface area contributed by atoms with Gasteiger partial charge in [0.2, 0.25) is 0 Å². The smallest absolute Gasteiger partial charge is 0.0238 e. The molecule has 0 radical (unpaired) electrons. The van der Waals surface area contributed by atoms with E-state index >= 15 is 0 Å². The first-order valence-electron chi connectivity index (χ1n) is 6.72. The third-order valence-corrected chi connectivity index (χ3v) is 3.67. The van der Waals surface area contributed by atoms with E-state index in [1.54, 1.807) is 0 Å². The number of hydrogen-bond donors (Lipinski definition) is 0. The average molecular weight is 234 g/mol. The van der Waals surface area contributed by atoms with E-state index in [4.69, 9.17) is 0 Å². The van der Waals surface area contributed by atoms with Gasteiger partial charge in [0.15, 0.2) is 0 Å². The lowest BCUT2D eigenvalue weighted by atomic mass is 9.96. The summed E-state index contributed by atoms with van der Waals surface area (Å²) in [4.78, 5) is 0. The zero-order valence-corrected chi connectivity index (χ0v) is 10.6. The summed E-state index contributed by atoms with van der Waals surface area (Å²) in [7, 11) is 0. The molecular formula is C18H18. The Kier molecular flexibility index (Phi) is 3.27. The Morgan fingerprint density at radius 1 is 0.556 bits per heavy atom. The number of hydrogen-bond acceptors (Lipinski definition) is 0. The minimum absolute atomic E-state index is 1.12. The fourth-order valence-electron chi connectivity index (χ4n) is 2.47. The minimum atomic E-state index is 1.12. The van der Waals surface area contributed by atoms with Crippen molar-refractivity contribution in [3.63, 3.8) is 0 Å². The Hall–Kier alpha value is -1.82. The summed E-state index contributed by atoms with van der Waals surface area (Å²) in [6, 6.07) is 9.12. The summed E-state index contributed by atoms with van der Waals surface area (Å²) >= 11 is 0. The monoisotopic (exact) mass is 234 g/mol. The largest absolute Gasteiger partial charge is 0.0620 e. The number of benzene rings is 1. The molecule has 0 unspecified atom stereocenters. The van der Waals surface area contributed by atoms with Gasteiger partial charge in [-0.3, -0.25) is 0 Å². The molecule has 0 amide bonds. The molecule has 4 bridgehead atoms. The van der Waals surface area contributed by atoms with E-state index in [-0.39, 0.29) is 0 Å². The first-order valence-corrected chi connectivity index (χ1v) is 6.72. The molecule has 0 fully saturated rings. The van der Waals surface area contributed by atoms with Gasteiger partial charge >= 0.3 is 0 Å². The lowest BCUT2D eigenvalue weighted by molar-refractivity contribution is 0.935. The van der Waals surface area contributed by atoms with Crippen molar-refractivity contribution >= 4 is 0 Å². The van der Waals surface area contributed by atoms with E-state index < -0.39 is 0 Å². The predicted octanol–water partition coefficient (Wildman–Crippen LogP) is 4.54. The summed E-state index contributed by atoms with van der Waals surface area (Å²) in [5.41, 5.74) is 5.72. The van der Waals surface area contributed by atoms with Crippen molar-refractivity contribution in [1.82, 2.24) is 0 Å². The van der Waals surface area contributed by atoms with Crippen LogP contribution in [0.3, 0.4) is 0 Å². The first-order chi connectivity index (χ1) is 8.90. The van der Waals surface area contributed by atoms with Crippen LogP contribution in [0.4, 0.5) is 0 Å². The molecule has 0 heterocycles. The third-order valence-electron chi connectivity index (χ3n) is 3.67. The number of allylic oxidation sites excluding steroid dienone is 8. The van der Waals surface area contributed by atoms with Crippen molar-refractivity contribution in [2.75, 3.05) is 0 Å². The Morgan fingerprint density at radius 3 is 1.44 bits per heavy atom. The van der Waals surface area contributed by atoms with Crippen LogP contribution in [-0.2, 0) is 12.8 Å². The van der Waals surface area contributed by atoms with Crippen LogP contribution < -0.4 is 0 Å². The molecule has 0 N–H and O–H groups in total. The van der Waals surface area contributed by atoms with Gasteiger partial charge in [0.25, 0.3) is 0 Å². The lowest BCUT2D eigenvalue weighted by Gasteiger charge is -2.09. The Morgan fingerprint density at radius 2 is 1.00 bits per heavy atom. The third kappa shape index (κ3) is 2.70. The van der Waals surface area contributed by atoms with E-state index in [1.807, 2.05) is 0 Å². The summed E-state index contributed by atoms with van der Waals surface area (Å²) in [6.45, 7) is 0. The quantitative estimate of drug-likeness (QED) is 0.618. The van der Waals surface area contributed by atoms with E-state index in [9.17, 15) is 0 Å². The highest BCUT2D eigenvalue weighted by Gasteiger charge is 2.02. The zero-order valence-electron chi connectivity index (χ0n) is 10.6. The maximum Gasteiger partial charge on any atom is -0.0238 e. The van der Waals surface area contributed by atoms with Crippen molar-refractivity contribution in [3.05, 3.63) is 83.0 Å². The van der Waals surface area contributed by atoms with Gasteiger partial charge in [-0.25, -0.2) is 0 Å². The Labute approximate surface area is 109 Å². The van der Waals surface area contributed by atoms with Crippen molar-refractivity contribution in [3.8, 4) is 0 Å². The van der Waals surface area contributed by atoms with E-state index in [1.165, 1.54) is 22.3 Å². The molecule has 0 spiro atoms. The van der Waals surface area contributed by atoms with Crippen molar-refractivity contribution in [2.45, 2.75) is 25.7 Å². The number of aryl methyl sites for hydroxylation is 2. The molecule has 0 aromatic heterocycles. The summed E-state index contributed by atoms with van der Waals surface area (Å²) in [5.74, 6) is 0. The van der Waals surface area contributed by atoms with Crippen molar-refractivity contribution < 1.29 is 0 Å². The molecule has 0 saturated carbocycles. The fraction of sp³-hybridized carbons (Fsp3) is 0.222. The maximum atomic E-state index is 2.28. The molecule has 18 heavy (non-hydrogen) atoms. The molecule has 0 nitrogen and oxygen atoms in total. The van der Waals surface area contributed by atoms with Gasteiger partial charge in [-0.1, -0.05) is 60.7 Å². The van der Waals surface area contributed by atoms with Crippen LogP contribution >= 0.6 is 0 Å². The van der Waals surface area contributed by atoms with Crippen LogP contribution in [-0.4, -0.2) is 0 Å². The predicted molar refractivity (Wildman–Crippen MR) is 77.5 cm³/mol. The Bertz CT molecular complexity index is 485. The van der Waals surface area contributed by atoms with Crippen LogP contribution in [0.5, 0.6) is 0 Å². The van der Waals surface area contributed by atoms with Crippen molar-refractivity contribution in [1.29, 1.82) is 0 Å². The molecule has 0 aliphatic heterocycles. The highest BCUT2D eigenvalue weighted by atomic mass is 14.1. The number of rotatable bonds is 0. The van der Waals surface area contributed by atoms with Crippen LogP contribution in [0, 0.1) is 0 Å². The molecule has 4 rings (SSSR count). The number of fused-ring (bicyclic) bond motifs is 4. The van der Waals surface area contributed by atoms with Crippen molar-refractivity contribution in [2.24, 2.45) is 0 Å². The van der Waals surface area contributed by atoms with Gasteiger partial charge in [0, 0.05) is 0 Å². The molecule has 3 aliphatic carbocycles. The van der Waals surface area contributed by atoms with E-state index in [2.05, 4.69) is 60.7 Å². The summed E-state index contributed by atoms with van der Waals surface area (Å²) in [6.07, 6.45) is 17.8. The molecule has 90 valence electrons. The molecule has 0 heteroatoms. The standard InChI is InChI=1S/C18H18/c1-2-4-16-6-5-15(3-1)7-9-17-11-13-18(10-8-16)14-12-17/h1-6,11-14H,7-10H2/b2-1?,3-1-,4-2-,6-5?,15-3?,15-5-,16-4?,16-6-. The molecule has 0 atom stereocenters. The average Bonchev–Trinajstić information content (AvgIpc) is 2.37. The topological polar surface area (TPSA) is 0 Å². The van der Waals surface area contributed by atoms with Crippen LogP contribution in [0.2, 0.25) is 0 Å². The van der Waals surface area contributed by atoms with Crippen LogP contribution in [0.15, 0.2) is 71.9 Å². The summed E-state index contributed by atoms with van der Waals surface area (Å²) in [5, 5.41) is 0. The molecular weight excluding hydrogens is 216 g/mol. The molecule has 1 aromatic carbocycles. The second-order valence-electron chi connectivity index (χ2n) is 5.02. The summed E-state index contributed by atoms with van der Waals surface area (Å²) < 4.78 is 0. The van der Waals surface area contributed by atoms with Gasteiger partial charge < -0.3 is 0 Å².